The van der Waals surface area contributed by atoms with Gasteiger partial charge in [0.25, 0.3) is 0 Å². The summed E-state index contributed by atoms with van der Waals surface area (Å²) in [4.78, 5) is 2.15. The van der Waals surface area contributed by atoms with Crippen LogP contribution in [0.2, 0.25) is 0 Å². The second-order valence-electron chi connectivity index (χ2n) is 4.91. The summed E-state index contributed by atoms with van der Waals surface area (Å²) < 4.78 is 13.4. The van der Waals surface area contributed by atoms with Gasteiger partial charge < -0.3 is 10.0 Å². The lowest BCUT2D eigenvalue weighted by atomic mass is 10.1. The molecule has 98 valence electrons. The number of fused-ring (bicyclic) bond motifs is 1. The summed E-state index contributed by atoms with van der Waals surface area (Å²) in [6.07, 6.45) is 0.297. The van der Waals surface area contributed by atoms with Crippen molar-refractivity contribution in [1.29, 1.82) is 0 Å². The maximum Gasteiger partial charge on any atom is 0.123 e. The Bertz CT molecular complexity index is 609. The van der Waals surface area contributed by atoms with Gasteiger partial charge in [-0.25, -0.2) is 4.39 Å². The first-order valence-electron chi connectivity index (χ1n) is 6.50. The average molecular weight is 257 g/mol. The van der Waals surface area contributed by atoms with Gasteiger partial charge in [0.1, 0.15) is 5.82 Å². The fourth-order valence-electron chi connectivity index (χ4n) is 2.69. The Morgan fingerprint density at radius 2 is 1.95 bits per heavy atom. The minimum absolute atomic E-state index is 0.313. The van der Waals surface area contributed by atoms with Crippen LogP contribution in [0, 0.1) is 5.82 Å². The summed E-state index contributed by atoms with van der Waals surface area (Å²) >= 11 is 0. The molecular weight excluding hydrogens is 241 g/mol. The van der Waals surface area contributed by atoms with Crippen LogP contribution in [0.4, 0.5) is 15.8 Å². The fourth-order valence-corrected chi connectivity index (χ4v) is 2.69. The molecule has 2 aromatic carbocycles. The van der Waals surface area contributed by atoms with Crippen LogP contribution in [0.1, 0.15) is 24.2 Å². The van der Waals surface area contributed by atoms with E-state index in [1.807, 2.05) is 12.1 Å². The monoisotopic (exact) mass is 257 g/mol. The topological polar surface area (TPSA) is 23.5 Å². The van der Waals surface area contributed by atoms with Gasteiger partial charge >= 0.3 is 0 Å². The van der Waals surface area contributed by atoms with E-state index in [1.54, 1.807) is 13.0 Å². The largest absolute Gasteiger partial charge is 0.389 e. The number of hydrogen-bond donors (Lipinski definition) is 1. The molecule has 1 heterocycles. The van der Waals surface area contributed by atoms with E-state index in [2.05, 4.69) is 17.0 Å². The third kappa shape index (κ3) is 2.10. The Morgan fingerprint density at radius 1 is 1.16 bits per heavy atom. The smallest absolute Gasteiger partial charge is 0.123 e. The SMILES string of the molecule is CC(O)c1cc(F)ccc1N1CCc2ccccc21. The van der Waals surface area contributed by atoms with Gasteiger partial charge in [0.05, 0.1) is 6.10 Å². The molecule has 0 aliphatic carbocycles. The van der Waals surface area contributed by atoms with Gasteiger partial charge in [-0.2, -0.15) is 0 Å². The number of hydrogen-bond acceptors (Lipinski definition) is 2. The first kappa shape index (κ1) is 12.2. The van der Waals surface area contributed by atoms with Crippen molar-refractivity contribution in [2.24, 2.45) is 0 Å². The van der Waals surface area contributed by atoms with Crippen LogP contribution in [-0.2, 0) is 6.42 Å². The van der Waals surface area contributed by atoms with Gasteiger partial charge in [-0.05, 0) is 43.2 Å². The van der Waals surface area contributed by atoms with Gasteiger partial charge in [-0.1, -0.05) is 18.2 Å². The van der Waals surface area contributed by atoms with E-state index in [1.165, 1.54) is 17.7 Å². The second kappa shape index (κ2) is 4.67. The molecule has 2 aromatic rings. The fraction of sp³-hybridized carbons (Fsp3) is 0.250. The van der Waals surface area contributed by atoms with Crippen LogP contribution in [0.15, 0.2) is 42.5 Å². The molecule has 0 bridgehead atoms. The van der Waals surface area contributed by atoms with Crippen molar-refractivity contribution in [2.45, 2.75) is 19.4 Å². The maximum absolute atomic E-state index is 13.4. The summed E-state index contributed by atoms with van der Waals surface area (Å²) in [5.41, 5.74) is 3.97. The van der Waals surface area contributed by atoms with Crippen molar-refractivity contribution in [3.63, 3.8) is 0 Å². The zero-order valence-electron chi connectivity index (χ0n) is 10.8. The van der Waals surface area contributed by atoms with Crippen LogP contribution >= 0.6 is 0 Å². The molecule has 1 N–H and O–H groups in total. The lowest BCUT2D eigenvalue weighted by Crippen LogP contribution is -2.16. The minimum Gasteiger partial charge on any atom is -0.389 e. The van der Waals surface area contributed by atoms with Crippen LogP contribution in [0.3, 0.4) is 0 Å². The molecule has 0 saturated heterocycles. The standard InChI is InChI=1S/C16H16FNO/c1-11(19)14-10-13(17)6-7-16(14)18-9-8-12-4-2-3-5-15(12)18/h2-7,10-11,19H,8-9H2,1H3. The predicted octanol–water partition coefficient (Wildman–Crippen LogP) is 3.57. The van der Waals surface area contributed by atoms with E-state index in [4.69, 9.17) is 0 Å². The normalized spacial score (nSPS) is 15.4. The number of nitrogens with zero attached hydrogens (tertiary/aromatic N) is 1. The third-order valence-corrected chi connectivity index (χ3v) is 3.62. The summed E-state index contributed by atoms with van der Waals surface area (Å²) in [6.45, 7) is 2.53. The molecule has 0 saturated carbocycles. The number of anilines is 2. The molecule has 1 atom stereocenters. The molecule has 0 aromatic heterocycles. The Morgan fingerprint density at radius 3 is 2.74 bits per heavy atom. The van der Waals surface area contributed by atoms with Crippen molar-refractivity contribution in [1.82, 2.24) is 0 Å². The van der Waals surface area contributed by atoms with E-state index < -0.39 is 6.10 Å². The van der Waals surface area contributed by atoms with Crippen molar-refractivity contribution in [3.8, 4) is 0 Å². The predicted molar refractivity (Wildman–Crippen MR) is 74.2 cm³/mol. The Hall–Kier alpha value is -1.87. The Balaban J connectivity index is 2.09. The summed E-state index contributed by atoms with van der Waals surface area (Å²) in [5, 5.41) is 9.84. The van der Waals surface area contributed by atoms with Crippen LogP contribution in [0.5, 0.6) is 0 Å². The minimum atomic E-state index is -0.682. The van der Waals surface area contributed by atoms with Crippen molar-refractivity contribution in [2.75, 3.05) is 11.4 Å². The highest BCUT2D eigenvalue weighted by Crippen LogP contribution is 2.38. The summed E-state index contributed by atoms with van der Waals surface area (Å²) in [6, 6.07) is 12.8. The first-order valence-corrected chi connectivity index (χ1v) is 6.50. The molecule has 19 heavy (non-hydrogen) atoms. The van der Waals surface area contributed by atoms with Crippen molar-refractivity contribution < 1.29 is 9.50 Å². The van der Waals surface area contributed by atoms with E-state index in [0.29, 0.717) is 5.56 Å². The highest BCUT2D eigenvalue weighted by atomic mass is 19.1. The number of aliphatic hydroxyl groups is 1. The number of rotatable bonds is 2. The maximum atomic E-state index is 13.4. The molecule has 0 amide bonds. The highest BCUT2D eigenvalue weighted by molar-refractivity contribution is 5.72. The van der Waals surface area contributed by atoms with Crippen molar-refractivity contribution >= 4 is 11.4 Å². The van der Waals surface area contributed by atoms with Gasteiger partial charge in [0.2, 0.25) is 0 Å². The van der Waals surface area contributed by atoms with E-state index in [9.17, 15) is 9.50 Å². The van der Waals surface area contributed by atoms with Crippen LogP contribution in [-0.4, -0.2) is 11.7 Å². The lowest BCUT2D eigenvalue weighted by molar-refractivity contribution is 0.199. The second-order valence-corrected chi connectivity index (χ2v) is 4.91. The molecule has 1 aliphatic heterocycles. The average Bonchev–Trinajstić information content (AvgIpc) is 2.82. The first-order chi connectivity index (χ1) is 9.16. The zero-order valence-corrected chi connectivity index (χ0v) is 10.8. The molecule has 2 nitrogen and oxygen atoms in total. The molecule has 1 unspecified atom stereocenters. The summed E-state index contributed by atoms with van der Waals surface area (Å²) in [7, 11) is 0. The van der Waals surface area contributed by atoms with E-state index >= 15 is 0 Å². The lowest BCUT2D eigenvalue weighted by Gasteiger charge is -2.24. The van der Waals surface area contributed by atoms with Gasteiger partial charge in [0.15, 0.2) is 0 Å². The zero-order chi connectivity index (χ0) is 13.4. The van der Waals surface area contributed by atoms with Gasteiger partial charge in [0, 0.05) is 23.5 Å². The molecular formula is C16H16FNO. The summed E-state index contributed by atoms with van der Waals surface area (Å²) in [5.74, 6) is -0.313. The molecule has 0 fully saturated rings. The quantitative estimate of drug-likeness (QED) is 0.889. The van der Waals surface area contributed by atoms with E-state index in [0.717, 1.165) is 24.3 Å². The molecule has 1 aliphatic rings. The van der Waals surface area contributed by atoms with Crippen LogP contribution in [0.25, 0.3) is 0 Å². The number of halogens is 1. The third-order valence-electron chi connectivity index (χ3n) is 3.62. The number of para-hydroxylation sites is 1. The molecule has 0 spiro atoms. The van der Waals surface area contributed by atoms with Crippen molar-refractivity contribution in [3.05, 3.63) is 59.4 Å². The van der Waals surface area contributed by atoms with E-state index in [-0.39, 0.29) is 5.82 Å². The molecule has 3 rings (SSSR count). The van der Waals surface area contributed by atoms with Gasteiger partial charge in [-0.15, -0.1) is 0 Å². The Labute approximate surface area is 112 Å². The molecule has 3 heteroatoms. The molecule has 0 radical (unpaired) electrons. The number of benzene rings is 2. The van der Waals surface area contributed by atoms with Gasteiger partial charge in [-0.3, -0.25) is 0 Å². The van der Waals surface area contributed by atoms with Crippen LogP contribution < -0.4 is 4.90 Å². The number of aliphatic hydroxyl groups excluding tert-OH is 1. The highest BCUT2D eigenvalue weighted by Gasteiger charge is 2.23. The Kier molecular flexibility index (Phi) is 2.99.